The first-order valence-corrected chi connectivity index (χ1v) is 8.04. The number of hydrogen-bond donors (Lipinski definition) is 0. The molecule has 0 radical (unpaired) electrons. The van der Waals surface area contributed by atoms with Crippen LogP contribution < -0.4 is 0 Å². The van der Waals surface area contributed by atoms with Gasteiger partial charge in [-0.05, 0) is 84.1 Å². The van der Waals surface area contributed by atoms with Crippen molar-refractivity contribution < 1.29 is 0 Å². The third-order valence-electron chi connectivity index (χ3n) is 5.49. The van der Waals surface area contributed by atoms with Gasteiger partial charge in [-0.2, -0.15) is 0 Å². The van der Waals surface area contributed by atoms with Crippen LogP contribution in [0.15, 0.2) is 0 Å². The van der Waals surface area contributed by atoms with Gasteiger partial charge in [0.05, 0.1) is 0 Å². The minimum absolute atomic E-state index is 0.731. The number of piperidine rings is 1. The number of hydrogen-bond acceptors (Lipinski definition) is 2. The first-order chi connectivity index (χ1) is 8.65. The van der Waals surface area contributed by atoms with Crippen LogP contribution in [0.5, 0.6) is 0 Å². The first-order valence-electron chi connectivity index (χ1n) is 8.04. The van der Waals surface area contributed by atoms with Gasteiger partial charge < -0.3 is 9.80 Å². The van der Waals surface area contributed by atoms with Crippen molar-refractivity contribution in [1.82, 2.24) is 9.80 Å². The van der Waals surface area contributed by atoms with E-state index in [2.05, 4.69) is 30.8 Å². The fraction of sp³-hybridized carbons (Fsp3) is 1.00. The quantitative estimate of drug-likeness (QED) is 0.757. The molecule has 2 rings (SSSR count). The van der Waals surface area contributed by atoms with Gasteiger partial charge in [-0.25, -0.2) is 0 Å². The van der Waals surface area contributed by atoms with Gasteiger partial charge in [-0.1, -0.05) is 13.3 Å². The lowest BCUT2D eigenvalue weighted by Gasteiger charge is -2.47. The highest BCUT2D eigenvalue weighted by atomic mass is 15.1. The summed E-state index contributed by atoms with van der Waals surface area (Å²) in [5.74, 6) is 0. The minimum Gasteiger partial charge on any atom is -0.306 e. The highest BCUT2D eigenvalue weighted by molar-refractivity contribution is 4.91. The molecule has 1 aliphatic heterocycles. The van der Waals surface area contributed by atoms with Crippen molar-refractivity contribution in [3.63, 3.8) is 0 Å². The number of nitrogens with zero attached hydrogens (tertiary/aromatic N) is 2. The Labute approximate surface area is 114 Å². The number of unbranched alkanes of at least 4 members (excludes halogenated alkanes) is 1. The predicted molar refractivity (Wildman–Crippen MR) is 79.0 cm³/mol. The summed E-state index contributed by atoms with van der Waals surface area (Å²) in [5, 5.41) is 0. The number of rotatable bonds is 4. The Morgan fingerprint density at radius 2 is 1.67 bits per heavy atom. The fourth-order valence-electron chi connectivity index (χ4n) is 3.86. The van der Waals surface area contributed by atoms with Crippen LogP contribution >= 0.6 is 0 Å². The van der Waals surface area contributed by atoms with Crippen molar-refractivity contribution in [3.8, 4) is 0 Å². The Morgan fingerprint density at radius 1 is 1.06 bits per heavy atom. The maximum absolute atomic E-state index is 2.70. The normalized spacial score (nSPS) is 26.0. The molecule has 1 saturated carbocycles. The molecule has 2 nitrogen and oxygen atoms in total. The summed E-state index contributed by atoms with van der Waals surface area (Å²) in [7, 11) is 4.49. The maximum Gasteiger partial charge on any atom is 0.00895 e. The molecule has 0 amide bonds. The molecular weight excluding hydrogens is 220 g/mol. The Bertz CT molecular complexity index is 231. The van der Waals surface area contributed by atoms with Crippen molar-refractivity contribution in [1.29, 1.82) is 0 Å². The maximum atomic E-state index is 2.70. The van der Waals surface area contributed by atoms with E-state index < -0.39 is 0 Å². The standard InChI is InChI=1S/C16H32N2/c1-4-5-12-18-13-10-16(11-14-18)8-6-15(7-9-16)17(2)3/h15H,4-14H2,1-3H3. The zero-order valence-electron chi connectivity index (χ0n) is 12.7. The molecule has 0 bridgehead atoms. The topological polar surface area (TPSA) is 6.48 Å². The SMILES string of the molecule is CCCCN1CCC2(CCC(N(C)C)CC2)CC1. The van der Waals surface area contributed by atoms with Gasteiger partial charge >= 0.3 is 0 Å². The Morgan fingerprint density at radius 3 is 2.17 bits per heavy atom. The lowest BCUT2D eigenvalue weighted by molar-refractivity contribution is 0.0429. The van der Waals surface area contributed by atoms with E-state index in [1.54, 1.807) is 0 Å². The van der Waals surface area contributed by atoms with Crippen LogP contribution in [-0.2, 0) is 0 Å². The largest absolute Gasteiger partial charge is 0.306 e. The van der Waals surface area contributed by atoms with Crippen molar-refractivity contribution in [2.75, 3.05) is 33.7 Å². The van der Waals surface area contributed by atoms with Gasteiger partial charge in [0.25, 0.3) is 0 Å². The molecule has 0 N–H and O–H groups in total. The van der Waals surface area contributed by atoms with Gasteiger partial charge in [-0.3, -0.25) is 0 Å². The van der Waals surface area contributed by atoms with Crippen LogP contribution in [0.1, 0.15) is 58.3 Å². The van der Waals surface area contributed by atoms with Gasteiger partial charge in [0.15, 0.2) is 0 Å². The van der Waals surface area contributed by atoms with E-state index in [4.69, 9.17) is 0 Å². The predicted octanol–water partition coefficient (Wildman–Crippen LogP) is 3.37. The van der Waals surface area contributed by atoms with Crippen LogP contribution in [0.4, 0.5) is 0 Å². The molecule has 2 aliphatic rings. The molecule has 2 fully saturated rings. The summed E-state index contributed by atoms with van der Waals surface area (Å²) >= 11 is 0. The zero-order chi connectivity index (χ0) is 13.0. The molecule has 0 atom stereocenters. The van der Waals surface area contributed by atoms with Crippen molar-refractivity contribution in [3.05, 3.63) is 0 Å². The molecule has 1 heterocycles. The second-order valence-corrected chi connectivity index (χ2v) is 6.89. The molecule has 0 aromatic carbocycles. The van der Waals surface area contributed by atoms with Crippen LogP contribution in [-0.4, -0.2) is 49.6 Å². The van der Waals surface area contributed by atoms with Gasteiger partial charge in [0.1, 0.15) is 0 Å². The average molecular weight is 252 g/mol. The third-order valence-corrected chi connectivity index (χ3v) is 5.49. The second kappa shape index (κ2) is 6.38. The van der Waals surface area contributed by atoms with Crippen LogP contribution in [0.2, 0.25) is 0 Å². The summed E-state index contributed by atoms with van der Waals surface area (Å²) in [6.45, 7) is 6.38. The Balaban J connectivity index is 1.75. The smallest absolute Gasteiger partial charge is 0.00895 e. The molecule has 1 aliphatic carbocycles. The lowest BCUT2D eigenvalue weighted by Crippen LogP contribution is -2.44. The molecule has 1 saturated heterocycles. The van der Waals surface area contributed by atoms with E-state index in [1.165, 1.54) is 71.0 Å². The van der Waals surface area contributed by atoms with Crippen LogP contribution in [0.25, 0.3) is 0 Å². The molecule has 106 valence electrons. The van der Waals surface area contributed by atoms with Crippen LogP contribution in [0, 0.1) is 5.41 Å². The Kier molecular flexibility index (Phi) is 5.08. The van der Waals surface area contributed by atoms with E-state index in [1.807, 2.05) is 0 Å². The molecular formula is C16H32N2. The summed E-state index contributed by atoms with van der Waals surface area (Å²) in [5.41, 5.74) is 0.731. The van der Waals surface area contributed by atoms with Crippen molar-refractivity contribution >= 4 is 0 Å². The van der Waals surface area contributed by atoms with E-state index in [0.29, 0.717) is 0 Å². The first kappa shape index (κ1) is 14.3. The highest BCUT2D eigenvalue weighted by Crippen LogP contribution is 2.45. The van der Waals surface area contributed by atoms with Crippen LogP contribution in [0.3, 0.4) is 0 Å². The summed E-state index contributed by atoms with van der Waals surface area (Å²) in [6.07, 6.45) is 11.5. The summed E-state index contributed by atoms with van der Waals surface area (Å²) in [6, 6.07) is 0.855. The Hall–Kier alpha value is -0.0800. The lowest BCUT2D eigenvalue weighted by atomic mass is 9.67. The molecule has 1 spiro atoms. The molecule has 0 unspecified atom stereocenters. The molecule has 18 heavy (non-hydrogen) atoms. The van der Waals surface area contributed by atoms with Gasteiger partial charge in [0, 0.05) is 6.04 Å². The molecule has 0 aromatic heterocycles. The third kappa shape index (κ3) is 3.48. The van der Waals surface area contributed by atoms with E-state index in [9.17, 15) is 0 Å². The van der Waals surface area contributed by atoms with Gasteiger partial charge in [-0.15, -0.1) is 0 Å². The summed E-state index contributed by atoms with van der Waals surface area (Å²) in [4.78, 5) is 5.13. The van der Waals surface area contributed by atoms with Crippen molar-refractivity contribution in [2.24, 2.45) is 5.41 Å². The minimum atomic E-state index is 0.731. The van der Waals surface area contributed by atoms with E-state index in [0.717, 1.165) is 11.5 Å². The van der Waals surface area contributed by atoms with Crippen molar-refractivity contribution in [2.45, 2.75) is 64.3 Å². The monoisotopic (exact) mass is 252 g/mol. The zero-order valence-corrected chi connectivity index (χ0v) is 12.7. The fourth-order valence-corrected chi connectivity index (χ4v) is 3.86. The van der Waals surface area contributed by atoms with E-state index in [-0.39, 0.29) is 0 Å². The summed E-state index contributed by atoms with van der Waals surface area (Å²) < 4.78 is 0. The molecule has 2 heteroatoms. The number of likely N-dealkylation sites (tertiary alicyclic amines) is 1. The molecule has 0 aromatic rings. The second-order valence-electron chi connectivity index (χ2n) is 6.89. The van der Waals surface area contributed by atoms with Gasteiger partial charge in [0.2, 0.25) is 0 Å². The average Bonchev–Trinajstić information content (AvgIpc) is 2.39. The highest BCUT2D eigenvalue weighted by Gasteiger charge is 2.38. The van der Waals surface area contributed by atoms with E-state index >= 15 is 0 Å².